The smallest absolute Gasteiger partial charge is 0.231 e. The van der Waals surface area contributed by atoms with Gasteiger partial charge < -0.3 is 9.30 Å². The first-order valence-corrected chi connectivity index (χ1v) is 10.2. The van der Waals surface area contributed by atoms with Gasteiger partial charge in [-0.1, -0.05) is 30.3 Å². The molecule has 0 spiro atoms. The van der Waals surface area contributed by atoms with Crippen molar-refractivity contribution < 1.29 is 9.53 Å². The number of para-hydroxylation sites is 2. The number of aryl methyl sites for hydroxylation is 3. The molecule has 0 radical (unpaired) electrons. The quantitative estimate of drug-likeness (QED) is 0.601. The second-order valence-corrected chi connectivity index (χ2v) is 7.31. The standard InChI is InChI=1S/C23H27N3O2/c1-2-28-14-6-13-26-21-10-4-3-9-20(21)24-23(26)25-22(27)16-17-11-12-18-7-5-8-19(18)15-17/h3-4,9-12,15H,2,5-8,13-14,16H2,1H3,(H,24,25,27). The fourth-order valence-electron chi connectivity index (χ4n) is 3.96. The van der Waals surface area contributed by atoms with Crippen LogP contribution in [0.15, 0.2) is 42.5 Å². The number of hydrogen-bond acceptors (Lipinski definition) is 3. The molecule has 0 saturated heterocycles. The molecule has 0 fully saturated rings. The Hall–Kier alpha value is -2.66. The topological polar surface area (TPSA) is 56.1 Å². The van der Waals surface area contributed by atoms with Crippen molar-refractivity contribution in [1.29, 1.82) is 0 Å². The number of carbonyl (C=O) groups excluding carboxylic acids is 1. The van der Waals surface area contributed by atoms with E-state index in [1.165, 1.54) is 17.5 Å². The summed E-state index contributed by atoms with van der Waals surface area (Å²) in [7, 11) is 0. The van der Waals surface area contributed by atoms with Crippen LogP contribution in [-0.4, -0.2) is 28.7 Å². The Bertz CT molecular complexity index is 977. The van der Waals surface area contributed by atoms with E-state index >= 15 is 0 Å². The van der Waals surface area contributed by atoms with Crippen LogP contribution in [0.5, 0.6) is 0 Å². The summed E-state index contributed by atoms with van der Waals surface area (Å²) in [5.74, 6) is 0.586. The summed E-state index contributed by atoms with van der Waals surface area (Å²) in [6.07, 6.45) is 4.75. The zero-order valence-corrected chi connectivity index (χ0v) is 16.4. The lowest BCUT2D eigenvalue weighted by atomic mass is 10.0. The van der Waals surface area contributed by atoms with Gasteiger partial charge in [-0.05, 0) is 61.4 Å². The molecule has 28 heavy (non-hydrogen) atoms. The van der Waals surface area contributed by atoms with Gasteiger partial charge in [0, 0.05) is 19.8 Å². The molecule has 0 bridgehead atoms. The minimum absolute atomic E-state index is 0.0284. The van der Waals surface area contributed by atoms with E-state index in [1.807, 2.05) is 31.2 Å². The SMILES string of the molecule is CCOCCCn1c(NC(=O)Cc2ccc3c(c2)CCC3)nc2ccccc21. The van der Waals surface area contributed by atoms with Crippen LogP contribution in [0.1, 0.15) is 36.5 Å². The molecule has 3 aromatic rings. The molecule has 146 valence electrons. The van der Waals surface area contributed by atoms with Crippen LogP contribution in [0, 0.1) is 0 Å². The monoisotopic (exact) mass is 377 g/mol. The maximum Gasteiger partial charge on any atom is 0.231 e. The van der Waals surface area contributed by atoms with Gasteiger partial charge in [0.25, 0.3) is 0 Å². The summed E-state index contributed by atoms with van der Waals surface area (Å²) >= 11 is 0. The molecule has 0 atom stereocenters. The predicted molar refractivity (Wildman–Crippen MR) is 112 cm³/mol. The molecule has 1 aliphatic carbocycles. The first-order valence-electron chi connectivity index (χ1n) is 10.2. The van der Waals surface area contributed by atoms with Crippen molar-refractivity contribution >= 4 is 22.9 Å². The highest BCUT2D eigenvalue weighted by Crippen LogP contribution is 2.24. The van der Waals surface area contributed by atoms with E-state index < -0.39 is 0 Å². The molecule has 4 rings (SSSR count). The maximum atomic E-state index is 12.7. The van der Waals surface area contributed by atoms with Crippen LogP contribution in [0.4, 0.5) is 5.95 Å². The molecule has 2 aromatic carbocycles. The number of nitrogens with one attached hydrogen (secondary N) is 1. The Morgan fingerprint density at radius 3 is 2.93 bits per heavy atom. The van der Waals surface area contributed by atoms with Crippen molar-refractivity contribution in [3.8, 4) is 0 Å². The van der Waals surface area contributed by atoms with Gasteiger partial charge in [-0.2, -0.15) is 0 Å². The Morgan fingerprint density at radius 2 is 2.04 bits per heavy atom. The van der Waals surface area contributed by atoms with Gasteiger partial charge in [0.05, 0.1) is 17.5 Å². The molecular formula is C23H27N3O2. The van der Waals surface area contributed by atoms with Crippen LogP contribution in [0.3, 0.4) is 0 Å². The summed E-state index contributed by atoms with van der Waals surface area (Å²) in [6, 6.07) is 14.4. The summed E-state index contributed by atoms with van der Waals surface area (Å²) in [6.45, 7) is 4.17. The number of hydrogen-bond donors (Lipinski definition) is 1. The molecule has 1 aromatic heterocycles. The maximum absolute atomic E-state index is 12.7. The Morgan fingerprint density at radius 1 is 1.18 bits per heavy atom. The second-order valence-electron chi connectivity index (χ2n) is 7.31. The molecule has 5 nitrogen and oxygen atoms in total. The van der Waals surface area contributed by atoms with E-state index in [4.69, 9.17) is 4.74 Å². The Labute approximate surface area is 165 Å². The third-order valence-electron chi connectivity index (χ3n) is 5.31. The molecule has 0 aliphatic heterocycles. The van der Waals surface area contributed by atoms with Gasteiger partial charge in [-0.3, -0.25) is 10.1 Å². The van der Waals surface area contributed by atoms with Gasteiger partial charge in [0.1, 0.15) is 0 Å². The Balaban J connectivity index is 1.49. The second kappa shape index (κ2) is 8.57. The fourth-order valence-corrected chi connectivity index (χ4v) is 3.96. The number of rotatable bonds is 8. The average Bonchev–Trinajstić information content (AvgIpc) is 3.29. The number of amides is 1. The number of nitrogens with zero attached hydrogens (tertiary/aromatic N) is 2. The lowest BCUT2D eigenvalue weighted by molar-refractivity contribution is -0.115. The van der Waals surface area contributed by atoms with E-state index in [0.717, 1.165) is 49.0 Å². The van der Waals surface area contributed by atoms with Gasteiger partial charge >= 0.3 is 0 Å². The number of aromatic nitrogens is 2. The highest BCUT2D eigenvalue weighted by atomic mass is 16.5. The summed E-state index contributed by atoms with van der Waals surface area (Å²) in [5, 5.41) is 3.03. The van der Waals surface area contributed by atoms with Crippen LogP contribution in [0.2, 0.25) is 0 Å². The van der Waals surface area contributed by atoms with Crippen molar-refractivity contribution in [3.05, 3.63) is 59.2 Å². The molecule has 5 heteroatoms. The highest BCUT2D eigenvalue weighted by Gasteiger charge is 2.15. The first kappa shape index (κ1) is 18.7. The van der Waals surface area contributed by atoms with Crippen molar-refractivity contribution in [1.82, 2.24) is 9.55 Å². The molecule has 1 N–H and O–H groups in total. The number of imidazole rings is 1. The molecule has 1 amide bonds. The van der Waals surface area contributed by atoms with Crippen LogP contribution < -0.4 is 5.32 Å². The first-order chi connectivity index (χ1) is 13.7. The number of ether oxygens (including phenoxy) is 1. The minimum atomic E-state index is -0.0284. The van der Waals surface area contributed by atoms with E-state index in [1.54, 1.807) is 0 Å². The number of carbonyl (C=O) groups is 1. The molecule has 1 aliphatic rings. The number of benzene rings is 2. The van der Waals surface area contributed by atoms with Crippen molar-refractivity contribution in [2.75, 3.05) is 18.5 Å². The largest absolute Gasteiger partial charge is 0.382 e. The molecular weight excluding hydrogens is 350 g/mol. The van der Waals surface area contributed by atoms with Crippen molar-refractivity contribution in [2.24, 2.45) is 0 Å². The molecule has 0 saturated carbocycles. The van der Waals surface area contributed by atoms with E-state index in [0.29, 0.717) is 19.0 Å². The average molecular weight is 377 g/mol. The zero-order valence-electron chi connectivity index (χ0n) is 16.4. The van der Waals surface area contributed by atoms with Gasteiger partial charge in [-0.15, -0.1) is 0 Å². The minimum Gasteiger partial charge on any atom is -0.382 e. The molecule has 1 heterocycles. The highest BCUT2D eigenvalue weighted by molar-refractivity contribution is 5.92. The van der Waals surface area contributed by atoms with E-state index in [9.17, 15) is 4.79 Å². The van der Waals surface area contributed by atoms with Crippen molar-refractivity contribution in [3.63, 3.8) is 0 Å². The van der Waals surface area contributed by atoms with Crippen LogP contribution >= 0.6 is 0 Å². The third-order valence-corrected chi connectivity index (χ3v) is 5.31. The fraction of sp³-hybridized carbons (Fsp3) is 0.391. The predicted octanol–water partition coefficient (Wildman–Crippen LogP) is 4.13. The van der Waals surface area contributed by atoms with E-state index in [-0.39, 0.29) is 5.91 Å². The number of fused-ring (bicyclic) bond motifs is 2. The van der Waals surface area contributed by atoms with Crippen LogP contribution in [0.25, 0.3) is 11.0 Å². The van der Waals surface area contributed by atoms with E-state index in [2.05, 4.69) is 33.1 Å². The third kappa shape index (κ3) is 4.09. The number of anilines is 1. The lowest BCUT2D eigenvalue weighted by Gasteiger charge is -2.11. The Kier molecular flexibility index (Phi) is 5.72. The normalized spacial score (nSPS) is 13.0. The van der Waals surface area contributed by atoms with Gasteiger partial charge in [0.15, 0.2) is 0 Å². The van der Waals surface area contributed by atoms with Crippen molar-refractivity contribution in [2.45, 2.75) is 45.6 Å². The van der Waals surface area contributed by atoms with Gasteiger partial charge in [-0.25, -0.2) is 4.98 Å². The summed E-state index contributed by atoms with van der Waals surface area (Å²) < 4.78 is 7.54. The van der Waals surface area contributed by atoms with Gasteiger partial charge in [0.2, 0.25) is 11.9 Å². The zero-order chi connectivity index (χ0) is 19.3. The molecule has 0 unspecified atom stereocenters. The summed E-state index contributed by atoms with van der Waals surface area (Å²) in [5.41, 5.74) is 5.82. The van der Waals surface area contributed by atoms with Crippen LogP contribution in [-0.2, 0) is 35.3 Å². The lowest BCUT2D eigenvalue weighted by Crippen LogP contribution is -2.18. The summed E-state index contributed by atoms with van der Waals surface area (Å²) in [4.78, 5) is 17.3.